The normalized spacial score (nSPS) is 20.4. The highest BCUT2D eigenvalue weighted by Gasteiger charge is 2.35. The third kappa shape index (κ3) is 5.11. The highest BCUT2D eigenvalue weighted by atomic mass is 16.6. The molecule has 0 fully saturated rings. The topological polar surface area (TPSA) is 131 Å². The molecule has 1 aromatic rings. The number of nitro benzene ring substituents is 2. The van der Waals surface area contributed by atoms with E-state index >= 15 is 0 Å². The lowest BCUT2D eigenvalue weighted by atomic mass is 9.71. The first-order valence-corrected chi connectivity index (χ1v) is 9.18. The number of hydrogen-bond donors (Lipinski definition) is 1. The van der Waals surface area contributed by atoms with Crippen LogP contribution in [0.2, 0.25) is 0 Å². The van der Waals surface area contributed by atoms with Gasteiger partial charge in [-0.2, -0.15) is 5.11 Å². The molecule has 29 heavy (non-hydrogen) atoms. The molecule has 0 atom stereocenters. The Morgan fingerprint density at radius 1 is 0.931 bits per heavy atom. The van der Waals surface area contributed by atoms with E-state index in [0.717, 1.165) is 23.3 Å². The molecular formula is C20H26N4O5. The number of benzene rings is 1. The minimum absolute atomic E-state index is 0.0665. The van der Waals surface area contributed by atoms with Gasteiger partial charge in [0.1, 0.15) is 6.04 Å². The fourth-order valence-electron chi connectivity index (χ4n) is 3.14. The van der Waals surface area contributed by atoms with Crippen molar-refractivity contribution in [2.45, 2.75) is 53.7 Å². The summed E-state index contributed by atoms with van der Waals surface area (Å²) in [6.07, 6.45) is 2.87. The van der Waals surface area contributed by atoms with Crippen molar-refractivity contribution in [1.29, 1.82) is 0 Å². The van der Waals surface area contributed by atoms with E-state index in [1.807, 2.05) is 41.5 Å². The summed E-state index contributed by atoms with van der Waals surface area (Å²) in [6, 6.07) is 2.71. The molecule has 1 aliphatic carbocycles. The average molecular weight is 402 g/mol. The largest absolute Gasteiger partial charge is 0.384 e. The molecule has 0 saturated heterocycles. The van der Waals surface area contributed by atoms with Crippen LogP contribution in [0.5, 0.6) is 0 Å². The molecule has 0 saturated carbocycles. The lowest BCUT2D eigenvalue weighted by molar-refractivity contribution is -0.393. The Morgan fingerprint density at radius 3 is 1.86 bits per heavy atom. The number of aliphatic hydroxyl groups is 1. The number of rotatable bonds is 4. The van der Waals surface area contributed by atoms with Gasteiger partial charge in [0.15, 0.2) is 5.69 Å². The van der Waals surface area contributed by atoms with E-state index in [1.54, 1.807) is 12.2 Å². The third-order valence-electron chi connectivity index (χ3n) is 4.69. The van der Waals surface area contributed by atoms with Crippen molar-refractivity contribution in [2.24, 2.45) is 21.1 Å². The first-order valence-electron chi connectivity index (χ1n) is 9.18. The van der Waals surface area contributed by atoms with Gasteiger partial charge in [0.05, 0.1) is 22.0 Å². The van der Waals surface area contributed by atoms with Crippen molar-refractivity contribution in [1.82, 2.24) is 0 Å². The van der Waals surface area contributed by atoms with Gasteiger partial charge in [0.2, 0.25) is 0 Å². The van der Waals surface area contributed by atoms with Gasteiger partial charge in [-0.1, -0.05) is 53.7 Å². The monoisotopic (exact) mass is 402 g/mol. The van der Waals surface area contributed by atoms with Gasteiger partial charge >= 0.3 is 5.69 Å². The molecule has 0 aliphatic heterocycles. The van der Waals surface area contributed by atoms with Gasteiger partial charge < -0.3 is 5.11 Å². The summed E-state index contributed by atoms with van der Waals surface area (Å²) in [5.41, 5.74) is 0.0385. The fraction of sp³-hybridized carbons (Fsp3) is 0.500. The van der Waals surface area contributed by atoms with E-state index in [0.29, 0.717) is 0 Å². The van der Waals surface area contributed by atoms with Crippen LogP contribution in [0.1, 0.15) is 41.5 Å². The van der Waals surface area contributed by atoms with Crippen molar-refractivity contribution >= 4 is 17.1 Å². The highest BCUT2D eigenvalue weighted by Crippen LogP contribution is 2.41. The van der Waals surface area contributed by atoms with Crippen LogP contribution < -0.4 is 0 Å². The lowest BCUT2D eigenvalue weighted by Crippen LogP contribution is -2.33. The Kier molecular flexibility index (Phi) is 6.03. The molecule has 0 heterocycles. The molecule has 1 aromatic carbocycles. The van der Waals surface area contributed by atoms with E-state index in [1.165, 1.54) is 6.07 Å². The van der Waals surface area contributed by atoms with Gasteiger partial charge in [-0.25, -0.2) is 0 Å². The predicted molar refractivity (Wildman–Crippen MR) is 109 cm³/mol. The summed E-state index contributed by atoms with van der Waals surface area (Å²) >= 11 is 0. The summed E-state index contributed by atoms with van der Waals surface area (Å²) in [5.74, 6) is 0. The zero-order valence-electron chi connectivity index (χ0n) is 17.4. The van der Waals surface area contributed by atoms with Crippen LogP contribution in [-0.4, -0.2) is 27.1 Å². The van der Waals surface area contributed by atoms with Crippen molar-refractivity contribution < 1.29 is 15.0 Å². The predicted octanol–water partition coefficient (Wildman–Crippen LogP) is 5.27. The van der Waals surface area contributed by atoms with E-state index in [-0.39, 0.29) is 22.2 Å². The van der Waals surface area contributed by atoms with Crippen LogP contribution in [0.25, 0.3) is 0 Å². The molecule has 0 radical (unpaired) electrons. The summed E-state index contributed by atoms with van der Waals surface area (Å²) in [5, 5.41) is 41.2. The first kappa shape index (κ1) is 22.4. The number of non-ortho nitro benzene ring substituents is 1. The zero-order chi connectivity index (χ0) is 22.1. The summed E-state index contributed by atoms with van der Waals surface area (Å²) in [4.78, 5) is 20.7. The lowest BCUT2D eigenvalue weighted by Gasteiger charge is -2.37. The summed E-state index contributed by atoms with van der Waals surface area (Å²) < 4.78 is 0. The van der Waals surface area contributed by atoms with E-state index in [2.05, 4.69) is 10.2 Å². The summed E-state index contributed by atoms with van der Waals surface area (Å²) in [7, 11) is 0. The van der Waals surface area contributed by atoms with Gasteiger partial charge in [-0.3, -0.25) is 20.2 Å². The molecule has 0 spiro atoms. The Hall–Kier alpha value is -2.94. The molecule has 0 aromatic heterocycles. The molecule has 0 bridgehead atoms. The van der Waals surface area contributed by atoms with Gasteiger partial charge in [0.25, 0.3) is 5.69 Å². The molecule has 0 amide bonds. The maximum absolute atomic E-state index is 11.3. The van der Waals surface area contributed by atoms with Crippen LogP contribution >= 0.6 is 0 Å². The zero-order valence-corrected chi connectivity index (χ0v) is 17.4. The van der Waals surface area contributed by atoms with Gasteiger partial charge in [-0.05, 0) is 28.0 Å². The van der Waals surface area contributed by atoms with Gasteiger partial charge in [-0.15, -0.1) is 5.11 Å². The maximum atomic E-state index is 11.3. The molecule has 2 rings (SSSR count). The first-order chi connectivity index (χ1) is 13.2. The Morgan fingerprint density at radius 2 is 1.45 bits per heavy atom. The van der Waals surface area contributed by atoms with E-state index < -0.39 is 27.7 Å². The second-order valence-corrected chi connectivity index (χ2v) is 9.04. The third-order valence-corrected chi connectivity index (χ3v) is 4.69. The van der Waals surface area contributed by atoms with Crippen molar-refractivity contribution in [2.75, 3.05) is 0 Å². The Balaban J connectivity index is 2.49. The molecule has 1 aliphatic rings. The smallest absolute Gasteiger partial charge is 0.303 e. The molecular weight excluding hydrogens is 376 g/mol. The maximum Gasteiger partial charge on any atom is 0.303 e. The minimum Gasteiger partial charge on any atom is -0.384 e. The highest BCUT2D eigenvalue weighted by molar-refractivity contribution is 5.61. The standard InChI is InChI=1S/C20H26N4O5/c1-19(2,3)14-9-12(10-15(18(14)25)20(4,5)6)21-22-16-8-7-13(23(26)27)11-17(16)24(28)29/h7-12,18,25H,1-6H3. The number of nitrogens with zero attached hydrogens (tertiary/aromatic N) is 4. The van der Waals surface area contributed by atoms with Crippen molar-refractivity contribution in [3.05, 3.63) is 61.7 Å². The van der Waals surface area contributed by atoms with E-state index in [9.17, 15) is 25.3 Å². The van der Waals surface area contributed by atoms with Crippen LogP contribution in [0.3, 0.4) is 0 Å². The van der Waals surface area contributed by atoms with Crippen LogP contribution in [0.15, 0.2) is 51.7 Å². The Bertz CT molecular complexity index is 888. The van der Waals surface area contributed by atoms with Crippen molar-refractivity contribution in [3.63, 3.8) is 0 Å². The van der Waals surface area contributed by atoms with Crippen LogP contribution in [-0.2, 0) is 0 Å². The van der Waals surface area contributed by atoms with Crippen LogP contribution in [0.4, 0.5) is 17.1 Å². The quantitative estimate of drug-likeness (QED) is 0.317. The molecule has 9 nitrogen and oxygen atoms in total. The Labute approximate surface area is 169 Å². The fourth-order valence-corrected chi connectivity index (χ4v) is 3.14. The molecule has 156 valence electrons. The number of nitro groups is 2. The summed E-state index contributed by atoms with van der Waals surface area (Å²) in [6.45, 7) is 11.9. The molecule has 0 unspecified atom stereocenters. The molecule has 9 heteroatoms. The van der Waals surface area contributed by atoms with E-state index in [4.69, 9.17) is 0 Å². The number of aliphatic hydroxyl groups excluding tert-OH is 1. The SMILES string of the molecule is CC(C)(C)C1=CC(N=Nc2ccc([N+](=O)[O-])cc2[N+](=O)[O-])C=C(C(C)(C)C)C1O. The number of azo groups is 1. The molecule has 1 N–H and O–H groups in total. The number of hydrogen-bond acceptors (Lipinski definition) is 7. The van der Waals surface area contributed by atoms with Gasteiger partial charge in [0, 0.05) is 6.07 Å². The minimum atomic E-state index is -0.741. The van der Waals surface area contributed by atoms with Crippen LogP contribution in [0, 0.1) is 31.1 Å². The second-order valence-electron chi connectivity index (χ2n) is 9.04. The average Bonchev–Trinajstić information content (AvgIpc) is 2.58. The van der Waals surface area contributed by atoms with Crippen molar-refractivity contribution in [3.8, 4) is 0 Å². The second kappa shape index (κ2) is 7.82.